The lowest BCUT2D eigenvalue weighted by Crippen LogP contribution is -2.17. The maximum atomic E-state index is 5.84. The van der Waals surface area contributed by atoms with Crippen molar-refractivity contribution in [3.8, 4) is 5.75 Å². The van der Waals surface area contributed by atoms with Gasteiger partial charge in [0, 0.05) is 37.2 Å². The smallest absolute Gasteiger partial charge is 0.121 e. The van der Waals surface area contributed by atoms with Crippen LogP contribution in [0.25, 0.3) is 0 Å². The fraction of sp³-hybridized carbons (Fsp3) is 0.182. The van der Waals surface area contributed by atoms with Crippen LogP contribution in [-0.4, -0.2) is 32.4 Å². The summed E-state index contributed by atoms with van der Waals surface area (Å²) in [6.07, 6.45) is 0. The molecule has 0 aliphatic rings. The van der Waals surface area contributed by atoms with Gasteiger partial charge >= 0.3 is 0 Å². The zero-order valence-corrected chi connectivity index (χ0v) is 15.2. The molecule has 134 valence electrons. The van der Waals surface area contributed by atoms with Gasteiger partial charge in [-0.3, -0.25) is 4.84 Å². The number of rotatable bonds is 8. The van der Waals surface area contributed by atoms with Crippen molar-refractivity contribution in [3.05, 3.63) is 84.9 Å². The van der Waals surface area contributed by atoms with Gasteiger partial charge in [0.2, 0.25) is 0 Å². The molecule has 0 saturated carbocycles. The molecule has 3 aromatic rings. The summed E-state index contributed by atoms with van der Waals surface area (Å²) in [4.78, 5) is 7.59. The minimum Gasteiger partial charge on any atom is -0.491 e. The average molecular weight is 348 g/mol. The molecule has 0 fully saturated rings. The normalized spacial score (nSPS) is 10.7. The van der Waals surface area contributed by atoms with Gasteiger partial charge in [0.25, 0.3) is 0 Å². The van der Waals surface area contributed by atoms with Gasteiger partial charge in [-0.15, -0.1) is 0 Å². The van der Waals surface area contributed by atoms with E-state index in [1.165, 1.54) is 0 Å². The van der Waals surface area contributed by atoms with Gasteiger partial charge < -0.3 is 9.64 Å². The SMILES string of the molecule is CN(C)OCCOc1cccc(N(c2ccccc2)c2ccccc2)c1. The number of hydrogen-bond acceptors (Lipinski definition) is 4. The number of anilines is 3. The maximum absolute atomic E-state index is 5.84. The standard InChI is InChI=1S/C22H24N2O2/c1-23(2)26-17-16-25-22-15-9-14-21(18-22)24(19-10-5-3-6-11-19)20-12-7-4-8-13-20/h3-15,18H,16-17H2,1-2H3. The molecule has 4 heteroatoms. The molecule has 0 aliphatic carbocycles. The molecular weight excluding hydrogens is 324 g/mol. The zero-order valence-electron chi connectivity index (χ0n) is 15.2. The molecule has 0 radical (unpaired) electrons. The van der Waals surface area contributed by atoms with E-state index >= 15 is 0 Å². The molecule has 3 aromatic carbocycles. The quantitative estimate of drug-likeness (QED) is 0.421. The third-order valence-corrected chi connectivity index (χ3v) is 3.81. The van der Waals surface area contributed by atoms with Crippen LogP contribution in [0.3, 0.4) is 0 Å². The van der Waals surface area contributed by atoms with E-state index in [2.05, 4.69) is 41.3 Å². The van der Waals surface area contributed by atoms with Crippen molar-refractivity contribution in [1.29, 1.82) is 0 Å². The zero-order chi connectivity index (χ0) is 18.2. The van der Waals surface area contributed by atoms with E-state index < -0.39 is 0 Å². The van der Waals surface area contributed by atoms with E-state index in [-0.39, 0.29) is 0 Å². The summed E-state index contributed by atoms with van der Waals surface area (Å²) in [5.74, 6) is 0.821. The van der Waals surface area contributed by atoms with Crippen molar-refractivity contribution in [2.75, 3.05) is 32.2 Å². The number of hydroxylamine groups is 2. The van der Waals surface area contributed by atoms with Gasteiger partial charge in [-0.25, -0.2) is 0 Å². The van der Waals surface area contributed by atoms with Crippen LogP contribution < -0.4 is 9.64 Å². The summed E-state index contributed by atoms with van der Waals surface area (Å²) in [5.41, 5.74) is 3.26. The largest absolute Gasteiger partial charge is 0.491 e. The minimum absolute atomic E-state index is 0.498. The Bertz CT molecular complexity index is 752. The number of benzene rings is 3. The van der Waals surface area contributed by atoms with E-state index in [1.807, 2.05) is 62.6 Å². The summed E-state index contributed by atoms with van der Waals surface area (Å²) in [5, 5.41) is 1.67. The minimum atomic E-state index is 0.498. The monoisotopic (exact) mass is 348 g/mol. The highest BCUT2D eigenvalue weighted by Crippen LogP contribution is 2.35. The van der Waals surface area contributed by atoms with Gasteiger partial charge in [-0.2, -0.15) is 5.06 Å². The summed E-state index contributed by atoms with van der Waals surface area (Å²) < 4.78 is 5.84. The number of ether oxygens (including phenoxy) is 1. The Balaban J connectivity index is 1.84. The molecule has 0 atom stereocenters. The van der Waals surface area contributed by atoms with E-state index in [0.717, 1.165) is 22.8 Å². The van der Waals surface area contributed by atoms with Crippen LogP contribution in [0.2, 0.25) is 0 Å². The Morgan fingerprint density at radius 2 is 1.23 bits per heavy atom. The summed E-state index contributed by atoms with van der Waals surface area (Å²) in [6.45, 7) is 1.01. The molecule has 3 rings (SSSR count). The second-order valence-electron chi connectivity index (χ2n) is 6.00. The van der Waals surface area contributed by atoms with Crippen LogP contribution in [-0.2, 0) is 4.84 Å². The van der Waals surface area contributed by atoms with Gasteiger partial charge in [0.15, 0.2) is 0 Å². The van der Waals surface area contributed by atoms with Gasteiger partial charge in [0.1, 0.15) is 19.0 Å². The molecule has 0 heterocycles. The van der Waals surface area contributed by atoms with E-state index in [4.69, 9.17) is 9.57 Å². The predicted molar refractivity (Wildman–Crippen MR) is 106 cm³/mol. The first kappa shape index (κ1) is 18.0. The van der Waals surface area contributed by atoms with E-state index in [1.54, 1.807) is 5.06 Å². The van der Waals surface area contributed by atoms with E-state index in [0.29, 0.717) is 13.2 Å². The van der Waals surface area contributed by atoms with Crippen LogP contribution in [0.5, 0.6) is 5.75 Å². The first-order valence-corrected chi connectivity index (χ1v) is 8.67. The van der Waals surface area contributed by atoms with Crippen molar-refractivity contribution in [1.82, 2.24) is 5.06 Å². The van der Waals surface area contributed by atoms with Crippen molar-refractivity contribution >= 4 is 17.1 Å². The summed E-state index contributed by atoms with van der Waals surface area (Å²) in [6, 6.07) is 28.8. The van der Waals surface area contributed by atoms with Gasteiger partial charge in [0.05, 0.1) is 0 Å². The predicted octanol–water partition coefficient (Wildman–Crippen LogP) is 5.03. The Morgan fingerprint density at radius 1 is 0.654 bits per heavy atom. The molecular formula is C22H24N2O2. The van der Waals surface area contributed by atoms with Crippen LogP contribution in [0.1, 0.15) is 0 Å². The lowest BCUT2D eigenvalue weighted by molar-refractivity contribution is -0.126. The topological polar surface area (TPSA) is 24.9 Å². The Hall–Kier alpha value is -2.82. The molecule has 0 bridgehead atoms. The first-order valence-electron chi connectivity index (χ1n) is 8.67. The lowest BCUT2D eigenvalue weighted by atomic mass is 10.2. The highest BCUT2D eigenvalue weighted by atomic mass is 16.7. The number of nitrogens with zero attached hydrogens (tertiary/aromatic N) is 2. The molecule has 0 saturated heterocycles. The molecule has 26 heavy (non-hydrogen) atoms. The van der Waals surface area contributed by atoms with Crippen LogP contribution in [0.4, 0.5) is 17.1 Å². The van der Waals surface area contributed by atoms with Crippen molar-refractivity contribution in [2.24, 2.45) is 0 Å². The number of para-hydroxylation sites is 2. The van der Waals surface area contributed by atoms with Crippen LogP contribution in [0.15, 0.2) is 84.9 Å². The lowest BCUT2D eigenvalue weighted by Gasteiger charge is -2.25. The first-order chi connectivity index (χ1) is 12.7. The van der Waals surface area contributed by atoms with Gasteiger partial charge in [-0.05, 0) is 36.4 Å². The third-order valence-electron chi connectivity index (χ3n) is 3.81. The molecule has 0 amide bonds. The maximum Gasteiger partial charge on any atom is 0.121 e. The fourth-order valence-corrected chi connectivity index (χ4v) is 2.69. The van der Waals surface area contributed by atoms with Crippen molar-refractivity contribution in [3.63, 3.8) is 0 Å². The Labute approximate surface area is 155 Å². The molecule has 0 unspecified atom stereocenters. The second-order valence-corrected chi connectivity index (χ2v) is 6.00. The molecule has 0 N–H and O–H groups in total. The summed E-state index contributed by atoms with van der Waals surface area (Å²) in [7, 11) is 3.72. The fourth-order valence-electron chi connectivity index (χ4n) is 2.69. The summed E-state index contributed by atoms with van der Waals surface area (Å²) >= 11 is 0. The Morgan fingerprint density at radius 3 is 1.81 bits per heavy atom. The average Bonchev–Trinajstić information content (AvgIpc) is 2.67. The van der Waals surface area contributed by atoms with E-state index in [9.17, 15) is 0 Å². The third kappa shape index (κ3) is 4.85. The van der Waals surface area contributed by atoms with Crippen molar-refractivity contribution < 1.29 is 9.57 Å². The van der Waals surface area contributed by atoms with Crippen LogP contribution >= 0.6 is 0 Å². The van der Waals surface area contributed by atoms with Gasteiger partial charge in [-0.1, -0.05) is 42.5 Å². The van der Waals surface area contributed by atoms with Crippen molar-refractivity contribution in [2.45, 2.75) is 0 Å². The molecule has 0 aliphatic heterocycles. The molecule has 0 spiro atoms. The Kier molecular flexibility index (Phi) is 6.25. The van der Waals surface area contributed by atoms with Crippen LogP contribution in [0, 0.1) is 0 Å². The molecule has 4 nitrogen and oxygen atoms in total. The second kappa shape index (κ2) is 9.04. The highest BCUT2D eigenvalue weighted by molar-refractivity contribution is 5.76. The number of hydrogen-bond donors (Lipinski definition) is 0. The molecule has 0 aromatic heterocycles. The highest BCUT2D eigenvalue weighted by Gasteiger charge is 2.12.